The molecule has 1 heterocycles. The maximum absolute atomic E-state index is 5.77. The van der Waals surface area contributed by atoms with Gasteiger partial charge in [-0.2, -0.15) is 0 Å². The van der Waals surface area contributed by atoms with Gasteiger partial charge in [0, 0.05) is 0 Å². The van der Waals surface area contributed by atoms with Gasteiger partial charge in [0.05, 0.1) is 51.3 Å². The van der Waals surface area contributed by atoms with Gasteiger partial charge in [-0.1, -0.05) is 12.1 Å². The molecular formula is C19H30O6. The Morgan fingerprint density at radius 3 is 1.68 bits per heavy atom. The van der Waals surface area contributed by atoms with Crippen LogP contribution in [-0.4, -0.2) is 64.6 Å². The maximum Gasteiger partial charge on any atom is 0.161 e. The van der Waals surface area contributed by atoms with Gasteiger partial charge in [-0.25, -0.2) is 0 Å². The van der Waals surface area contributed by atoms with Gasteiger partial charge in [0.15, 0.2) is 11.5 Å². The minimum Gasteiger partial charge on any atom is -0.487 e. The zero-order chi connectivity index (χ0) is 17.9. The van der Waals surface area contributed by atoms with Crippen molar-refractivity contribution in [2.75, 3.05) is 46.2 Å². The lowest BCUT2D eigenvalue weighted by atomic mass is 10.3. The molecule has 1 aliphatic rings. The van der Waals surface area contributed by atoms with Crippen molar-refractivity contribution in [2.24, 2.45) is 0 Å². The van der Waals surface area contributed by atoms with Gasteiger partial charge in [0.2, 0.25) is 0 Å². The summed E-state index contributed by atoms with van der Waals surface area (Å²) in [4.78, 5) is 0. The molecule has 1 aliphatic heterocycles. The molecule has 0 saturated carbocycles. The van der Waals surface area contributed by atoms with Crippen LogP contribution < -0.4 is 9.47 Å². The number of hydrogen-bond acceptors (Lipinski definition) is 6. The standard InChI is InChI=1S/C19H30O6/c1-15-12-20-13-16(2)25-14-17(3)22-9-11-24-19-7-5-4-6-18(19)23-10-8-21-15/h4-7,15-17H,8-14H2,1-3H3. The Labute approximate surface area is 150 Å². The number of para-hydroxylation sites is 2. The molecular weight excluding hydrogens is 324 g/mol. The minimum atomic E-state index is -0.00122. The molecule has 1 aromatic carbocycles. The molecule has 0 aromatic heterocycles. The van der Waals surface area contributed by atoms with Crippen LogP contribution in [0.3, 0.4) is 0 Å². The van der Waals surface area contributed by atoms with Crippen LogP contribution in [0.1, 0.15) is 20.8 Å². The van der Waals surface area contributed by atoms with E-state index in [1.165, 1.54) is 0 Å². The smallest absolute Gasteiger partial charge is 0.161 e. The Balaban J connectivity index is 1.90. The van der Waals surface area contributed by atoms with Gasteiger partial charge in [0.1, 0.15) is 13.2 Å². The summed E-state index contributed by atoms with van der Waals surface area (Å²) < 4.78 is 34.3. The Kier molecular flexibility index (Phi) is 9.04. The van der Waals surface area contributed by atoms with Crippen LogP contribution >= 0.6 is 0 Å². The molecule has 0 spiro atoms. The topological polar surface area (TPSA) is 55.4 Å². The molecule has 0 radical (unpaired) electrons. The van der Waals surface area contributed by atoms with Crippen LogP contribution in [0.15, 0.2) is 24.3 Å². The summed E-state index contributed by atoms with van der Waals surface area (Å²) in [6.07, 6.45) is 0.0192. The molecule has 3 atom stereocenters. The second-order valence-electron chi connectivity index (χ2n) is 6.19. The zero-order valence-corrected chi connectivity index (χ0v) is 15.4. The molecule has 0 fully saturated rings. The third-order valence-corrected chi connectivity index (χ3v) is 3.66. The predicted octanol–water partition coefficient (Wildman–Crippen LogP) is 2.69. The first-order valence-corrected chi connectivity index (χ1v) is 8.92. The third kappa shape index (κ3) is 8.05. The van der Waals surface area contributed by atoms with E-state index >= 15 is 0 Å². The Bertz CT molecular complexity index is 481. The van der Waals surface area contributed by atoms with Gasteiger partial charge < -0.3 is 28.4 Å². The lowest BCUT2D eigenvalue weighted by Crippen LogP contribution is -2.27. The van der Waals surface area contributed by atoms with Crippen molar-refractivity contribution in [1.29, 1.82) is 0 Å². The zero-order valence-electron chi connectivity index (χ0n) is 15.4. The van der Waals surface area contributed by atoms with E-state index < -0.39 is 0 Å². The normalized spacial score (nSPS) is 27.9. The van der Waals surface area contributed by atoms with Gasteiger partial charge in [0.25, 0.3) is 0 Å². The first-order valence-electron chi connectivity index (χ1n) is 8.92. The van der Waals surface area contributed by atoms with Crippen molar-refractivity contribution in [2.45, 2.75) is 39.1 Å². The molecule has 0 N–H and O–H groups in total. The average molecular weight is 354 g/mol. The van der Waals surface area contributed by atoms with Gasteiger partial charge in [-0.15, -0.1) is 0 Å². The number of fused-ring (bicyclic) bond motifs is 1. The van der Waals surface area contributed by atoms with Crippen LogP contribution in [0, 0.1) is 0 Å². The monoisotopic (exact) mass is 354 g/mol. The highest BCUT2D eigenvalue weighted by Crippen LogP contribution is 2.26. The molecule has 1 aromatic rings. The van der Waals surface area contributed by atoms with Crippen LogP contribution in [-0.2, 0) is 18.9 Å². The molecule has 3 unspecified atom stereocenters. The fraction of sp³-hybridized carbons (Fsp3) is 0.684. The van der Waals surface area contributed by atoms with Crippen LogP contribution in [0.4, 0.5) is 0 Å². The highest BCUT2D eigenvalue weighted by Gasteiger charge is 2.11. The number of hydrogen-bond donors (Lipinski definition) is 0. The molecule has 0 amide bonds. The van der Waals surface area contributed by atoms with Crippen molar-refractivity contribution in [1.82, 2.24) is 0 Å². The molecule has 0 bridgehead atoms. The van der Waals surface area contributed by atoms with E-state index in [0.717, 1.165) is 0 Å². The third-order valence-electron chi connectivity index (χ3n) is 3.66. The molecule has 6 nitrogen and oxygen atoms in total. The Morgan fingerprint density at radius 1 is 0.640 bits per heavy atom. The SMILES string of the molecule is CC1COCC(C)OCC(C)OCCOc2ccccc2OCCO1. The van der Waals surface area contributed by atoms with Crippen molar-refractivity contribution in [3.63, 3.8) is 0 Å². The molecule has 6 heteroatoms. The first kappa shape index (κ1) is 20.0. The van der Waals surface area contributed by atoms with E-state index in [1.807, 2.05) is 45.0 Å². The predicted molar refractivity (Wildman–Crippen MR) is 94.5 cm³/mol. The van der Waals surface area contributed by atoms with Gasteiger partial charge in [-0.05, 0) is 32.9 Å². The summed E-state index contributed by atoms with van der Waals surface area (Å²) in [5, 5.41) is 0. The molecule has 25 heavy (non-hydrogen) atoms. The van der Waals surface area contributed by atoms with Gasteiger partial charge >= 0.3 is 0 Å². The summed E-state index contributed by atoms with van der Waals surface area (Å²) in [7, 11) is 0. The van der Waals surface area contributed by atoms with Gasteiger partial charge in [-0.3, -0.25) is 0 Å². The molecule has 2 rings (SSSR count). The van der Waals surface area contributed by atoms with E-state index in [1.54, 1.807) is 0 Å². The maximum atomic E-state index is 5.77. The Morgan fingerprint density at radius 2 is 1.12 bits per heavy atom. The highest BCUT2D eigenvalue weighted by atomic mass is 16.6. The Hall–Kier alpha value is -1.34. The van der Waals surface area contributed by atoms with E-state index in [4.69, 9.17) is 28.4 Å². The minimum absolute atomic E-state index is 0.00122. The van der Waals surface area contributed by atoms with E-state index in [2.05, 4.69) is 0 Å². The molecule has 142 valence electrons. The van der Waals surface area contributed by atoms with E-state index in [-0.39, 0.29) is 18.3 Å². The van der Waals surface area contributed by atoms with E-state index in [9.17, 15) is 0 Å². The van der Waals surface area contributed by atoms with Crippen molar-refractivity contribution in [3.8, 4) is 11.5 Å². The summed E-state index contributed by atoms with van der Waals surface area (Å²) in [5.41, 5.74) is 0. The number of rotatable bonds is 0. The average Bonchev–Trinajstić information content (AvgIpc) is 2.61. The summed E-state index contributed by atoms with van der Waals surface area (Å²) in [5.74, 6) is 1.42. The fourth-order valence-corrected chi connectivity index (χ4v) is 2.33. The second-order valence-corrected chi connectivity index (χ2v) is 6.19. The van der Waals surface area contributed by atoms with Crippen LogP contribution in [0.2, 0.25) is 0 Å². The lowest BCUT2D eigenvalue weighted by Gasteiger charge is -2.20. The first-order chi connectivity index (χ1) is 12.1. The van der Waals surface area contributed by atoms with Crippen LogP contribution in [0.5, 0.6) is 11.5 Å². The second kappa shape index (κ2) is 11.3. The summed E-state index contributed by atoms with van der Waals surface area (Å²) >= 11 is 0. The molecule has 0 saturated heterocycles. The highest BCUT2D eigenvalue weighted by molar-refractivity contribution is 5.39. The summed E-state index contributed by atoms with van der Waals surface area (Å²) in [6.45, 7) is 9.44. The van der Waals surface area contributed by atoms with Crippen molar-refractivity contribution >= 4 is 0 Å². The number of benzene rings is 1. The van der Waals surface area contributed by atoms with Crippen molar-refractivity contribution in [3.05, 3.63) is 24.3 Å². The lowest BCUT2D eigenvalue weighted by molar-refractivity contribution is -0.0760. The number of ether oxygens (including phenoxy) is 6. The largest absolute Gasteiger partial charge is 0.487 e. The fourth-order valence-electron chi connectivity index (χ4n) is 2.33. The quantitative estimate of drug-likeness (QED) is 0.714. The molecule has 0 aliphatic carbocycles. The van der Waals surface area contributed by atoms with Crippen LogP contribution in [0.25, 0.3) is 0 Å². The summed E-state index contributed by atoms with van der Waals surface area (Å²) in [6, 6.07) is 7.61. The van der Waals surface area contributed by atoms with Crippen molar-refractivity contribution < 1.29 is 28.4 Å². The van der Waals surface area contributed by atoms with E-state index in [0.29, 0.717) is 57.7 Å².